The number of anilines is 2. The first-order chi connectivity index (χ1) is 9.31. The zero-order chi connectivity index (χ0) is 13.1. The molecular weight excluding hydrogens is 244 g/mol. The van der Waals surface area contributed by atoms with Crippen LogP contribution < -0.4 is 11.1 Å². The lowest BCUT2D eigenvalue weighted by atomic mass is 10.3. The maximum atomic E-state index is 5.56. The Labute approximate surface area is 111 Å². The van der Waals surface area contributed by atoms with Gasteiger partial charge in [0.05, 0.1) is 13.2 Å². The minimum Gasteiger partial charge on any atom is -0.384 e. The maximum Gasteiger partial charge on any atom is 0.240 e. The zero-order valence-corrected chi connectivity index (χ0v) is 10.7. The lowest BCUT2D eigenvalue weighted by Crippen LogP contribution is -2.39. The van der Waals surface area contributed by atoms with E-state index in [0.29, 0.717) is 5.95 Å². The normalized spacial score (nSPS) is 16.8. The van der Waals surface area contributed by atoms with Crippen molar-refractivity contribution in [3.8, 4) is 0 Å². The average Bonchev–Trinajstić information content (AvgIpc) is 2.79. The molecular formula is C12H18N6O. The quantitative estimate of drug-likeness (QED) is 0.810. The van der Waals surface area contributed by atoms with Gasteiger partial charge in [-0.3, -0.25) is 4.90 Å². The number of aromatic nitrogens is 3. The van der Waals surface area contributed by atoms with Crippen molar-refractivity contribution < 1.29 is 4.74 Å². The molecule has 0 unspecified atom stereocenters. The molecule has 2 aromatic rings. The van der Waals surface area contributed by atoms with E-state index < -0.39 is 0 Å². The van der Waals surface area contributed by atoms with Gasteiger partial charge in [-0.2, -0.15) is 4.98 Å². The second-order valence-corrected chi connectivity index (χ2v) is 4.57. The van der Waals surface area contributed by atoms with E-state index in [4.69, 9.17) is 10.5 Å². The van der Waals surface area contributed by atoms with Crippen LogP contribution >= 0.6 is 0 Å². The number of pyridine rings is 1. The van der Waals surface area contributed by atoms with Crippen molar-refractivity contribution in [3.63, 3.8) is 0 Å². The smallest absolute Gasteiger partial charge is 0.240 e. The Morgan fingerprint density at radius 2 is 2.21 bits per heavy atom. The van der Waals surface area contributed by atoms with Crippen molar-refractivity contribution in [3.05, 3.63) is 18.3 Å². The molecule has 0 aromatic carbocycles. The summed E-state index contributed by atoms with van der Waals surface area (Å²) < 4.78 is 6.99. The zero-order valence-electron chi connectivity index (χ0n) is 10.7. The van der Waals surface area contributed by atoms with E-state index in [1.165, 1.54) is 0 Å². The third-order valence-corrected chi connectivity index (χ3v) is 3.21. The number of nitrogen functional groups attached to an aromatic ring is 1. The average molecular weight is 262 g/mol. The Morgan fingerprint density at radius 1 is 1.37 bits per heavy atom. The molecule has 3 N–H and O–H groups in total. The van der Waals surface area contributed by atoms with Gasteiger partial charge >= 0.3 is 0 Å². The molecule has 0 spiro atoms. The van der Waals surface area contributed by atoms with Gasteiger partial charge in [-0.15, -0.1) is 5.10 Å². The van der Waals surface area contributed by atoms with Gasteiger partial charge in [0, 0.05) is 44.1 Å². The molecule has 0 bridgehead atoms. The molecule has 0 saturated carbocycles. The van der Waals surface area contributed by atoms with Crippen molar-refractivity contribution in [1.82, 2.24) is 19.5 Å². The number of nitrogens with two attached hydrogens (primary N) is 1. The summed E-state index contributed by atoms with van der Waals surface area (Å²) in [6.45, 7) is 5.63. The lowest BCUT2D eigenvalue weighted by Gasteiger charge is -2.26. The van der Waals surface area contributed by atoms with Gasteiger partial charge in [0.25, 0.3) is 0 Å². The molecule has 3 rings (SSSR count). The van der Waals surface area contributed by atoms with Gasteiger partial charge < -0.3 is 15.8 Å². The highest BCUT2D eigenvalue weighted by Gasteiger charge is 2.09. The molecule has 0 atom stereocenters. The first kappa shape index (κ1) is 12.2. The number of nitrogens with zero attached hydrogens (tertiary/aromatic N) is 4. The fraction of sp³-hybridized carbons (Fsp3) is 0.500. The third kappa shape index (κ3) is 2.94. The third-order valence-electron chi connectivity index (χ3n) is 3.21. The SMILES string of the molecule is Nc1nc2cc(NCCN3CCOCC3)ccn2n1. The summed E-state index contributed by atoms with van der Waals surface area (Å²) in [7, 11) is 0. The first-order valence-electron chi connectivity index (χ1n) is 6.47. The predicted molar refractivity (Wildman–Crippen MR) is 73.1 cm³/mol. The van der Waals surface area contributed by atoms with Crippen LogP contribution in [-0.2, 0) is 4.74 Å². The van der Waals surface area contributed by atoms with Crippen molar-refractivity contribution in [1.29, 1.82) is 0 Å². The number of rotatable bonds is 4. The molecule has 0 amide bonds. The fourth-order valence-corrected chi connectivity index (χ4v) is 2.19. The number of fused-ring (bicyclic) bond motifs is 1. The lowest BCUT2D eigenvalue weighted by molar-refractivity contribution is 0.0398. The van der Waals surface area contributed by atoms with Crippen LogP contribution in [0.25, 0.3) is 5.65 Å². The number of ether oxygens (including phenoxy) is 1. The Balaban J connectivity index is 1.55. The van der Waals surface area contributed by atoms with Crippen LogP contribution in [0.1, 0.15) is 0 Å². The van der Waals surface area contributed by atoms with Crippen LogP contribution in [0.5, 0.6) is 0 Å². The van der Waals surface area contributed by atoms with Gasteiger partial charge in [0.2, 0.25) is 5.95 Å². The summed E-state index contributed by atoms with van der Waals surface area (Å²) in [4.78, 5) is 6.53. The van der Waals surface area contributed by atoms with E-state index in [2.05, 4.69) is 20.3 Å². The molecule has 3 heterocycles. The summed E-state index contributed by atoms with van der Waals surface area (Å²) in [6, 6.07) is 3.92. The Hall–Kier alpha value is -1.86. The molecule has 0 radical (unpaired) electrons. The summed E-state index contributed by atoms with van der Waals surface area (Å²) in [5.41, 5.74) is 7.35. The minimum absolute atomic E-state index is 0.297. The van der Waals surface area contributed by atoms with Gasteiger partial charge in [-0.1, -0.05) is 0 Å². The number of hydrogen-bond acceptors (Lipinski definition) is 6. The van der Waals surface area contributed by atoms with Crippen molar-refractivity contribution >= 4 is 17.3 Å². The fourth-order valence-electron chi connectivity index (χ4n) is 2.19. The van der Waals surface area contributed by atoms with Crippen molar-refractivity contribution in [2.24, 2.45) is 0 Å². The van der Waals surface area contributed by atoms with Crippen LogP contribution in [0.15, 0.2) is 18.3 Å². The van der Waals surface area contributed by atoms with Gasteiger partial charge in [0.15, 0.2) is 5.65 Å². The van der Waals surface area contributed by atoms with Crippen LogP contribution in [0.4, 0.5) is 11.6 Å². The minimum atomic E-state index is 0.297. The summed E-state index contributed by atoms with van der Waals surface area (Å²) >= 11 is 0. The van der Waals surface area contributed by atoms with E-state index in [0.717, 1.165) is 50.7 Å². The highest BCUT2D eigenvalue weighted by Crippen LogP contribution is 2.11. The summed E-state index contributed by atoms with van der Waals surface area (Å²) in [6.07, 6.45) is 1.86. The number of nitrogens with one attached hydrogen (secondary N) is 1. The second kappa shape index (κ2) is 5.41. The summed E-state index contributed by atoms with van der Waals surface area (Å²) in [5, 5.41) is 7.43. The molecule has 19 heavy (non-hydrogen) atoms. The Morgan fingerprint density at radius 3 is 3.05 bits per heavy atom. The predicted octanol–water partition coefficient (Wildman–Crippen LogP) is 0.0556. The van der Waals surface area contributed by atoms with E-state index in [1.54, 1.807) is 4.52 Å². The molecule has 102 valence electrons. The Kier molecular flexibility index (Phi) is 3.47. The molecule has 7 heteroatoms. The summed E-state index contributed by atoms with van der Waals surface area (Å²) in [5.74, 6) is 0.297. The molecule has 0 aliphatic carbocycles. The number of hydrogen-bond donors (Lipinski definition) is 2. The molecule has 7 nitrogen and oxygen atoms in total. The van der Waals surface area contributed by atoms with E-state index in [9.17, 15) is 0 Å². The highest BCUT2D eigenvalue weighted by atomic mass is 16.5. The molecule has 1 saturated heterocycles. The van der Waals surface area contributed by atoms with Crippen LogP contribution in [0, 0.1) is 0 Å². The molecule has 1 aliphatic rings. The monoisotopic (exact) mass is 262 g/mol. The Bertz CT molecular complexity index is 548. The molecule has 2 aromatic heterocycles. The van der Waals surface area contributed by atoms with Crippen LogP contribution in [0.2, 0.25) is 0 Å². The van der Waals surface area contributed by atoms with Crippen molar-refractivity contribution in [2.45, 2.75) is 0 Å². The number of morpholine rings is 1. The topological polar surface area (TPSA) is 80.7 Å². The van der Waals surface area contributed by atoms with Crippen LogP contribution in [-0.4, -0.2) is 58.9 Å². The molecule has 1 fully saturated rings. The van der Waals surface area contributed by atoms with Gasteiger partial charge in [-0.05, 0) is 6.07 Å². The van der Waals surface area contributed by atoms with Crippen molar-refractivity contribution in [2.75, 3.05) is 50.4 Å². The van der Waals surface area contributed by atoms with Gasteiger partial charge in [0.1, 0.15) is 0 Å². The maximum absolute atomic E-state index is 5.56. The molecule has 1 aliphatic heterocycles. The van der Waals surface area contributed by atoms with E-state index >= 15 is 0 Å². The van der Waals surface area contributed by atoms with Crippen LogP contribution in [0.3, 0.4) is 0 Å². The first-order valence-corrected chi connectivity index (χ1v) is 6.47. The van der Waals surface area contributed by atoms with E-state index in [-0.39, 0.29) is 0 Å². The largest absolute Gasteiger partial charge is 0.384 e. The van der Waals surface area contributed by atoms with Gasteiger partial charge in [-0.25, -0.2) is 4.52 Å². The standard InChI is InChI=1S/C12H18N6O/c13-12-15-11-9-10(1-3-18(11)16-12)14-2-4-17-5-7-19-8-6-17/h1,3,9,14H,2,4-8H2,(H2,13,16). The second-order valence-electron chi connectivity index (χ2n) is 4.57. The highest BCUT2D eigenvalue weighted by molar-refractivity contribution is 5.55. The van der Waals surface area contributed by atoms with E-state index in [1.807, 2.05) is 18.3 Å².